The molecule has 3 nitrogen and oxygen atoms in total. The lowest BCUT2D eigenvalue weighted by Gasteiger charge is -2.03. The molecule has 14 heavy (non-hydrogen) atoms. The van der Waals surface area contributed by atoms with Crippen molar-refractivity contribution in [2.45, 2.75) is 12.7 Å². The second-order valence-electron chi connectivity index (χ2n) is 3.15. The van der Waals surface area contributed by atoms with Crippen molar-refractivity contribution in [3.05, 3.63) is 29.8 Å². The number of hydrogen-bond donors (Lipinski definition) is 0. The van der Waals surface area contributed by atoms with Gasteiger partial charge in [0.15, 0.2) is 9.84 Å². The normalized spacial score (nSPS) is 11.3. The monoisotopic (exact) mass is 214 g/mol. The van der Waals surface area contributed by atoms with E-state index in [2.05, 4.69) is 0 Å². The molecule has 0 heterocycles. The number of ether oxygens (including phenoxy) is 1. The Bertz CT molecular complexity index is 378. The lowest BCUT2D eigenvalue weighted by Crippen LogP contribution is -2.00. The average Bonchev–Trinajstić information content (AvgIpc) is 2.06. The summed E-state index contributed by atoms with van der Waals surface area (Å²) in [6.07, 6.45) is 1.23. The second-order valence-corrected chi connectivity index (χ2v) is 5.29. The SMILES string of the molecule is CCOc1ccc(CS(C)(=O)=O)cc1. The van der Waals surface area contributed by atoms with E-state index in [0.717, 1.165) is 11.3 Å². The first kappa shape index (κ1) is 11.0. The fourth-order valence-electron chi connectivity index (χ4n) is 1.15. The van der Waals surface area contributed by atoms with Crippen molar-refractivity contribution >= 4 is 9.84 Å². The zero-order valence-electron chi connectivity index (χ0n) is 8.36. The molecule has 0 radical (unpaired) electrons. The summed E-state index contributed by atoms with van der Waals surface area (Å²) in [4.78, 5) is 0. The number of hydrogen-bond acceptors (Lipinski definition) is 3. The van der Waals surface area contributed by atoms with Crippen LogP contribution in [0.2, 0.25) is 0 Å². The van der Waals surface area contributed by atoms with Crippen LogP contribution in [0.5, 0.6) is 5.75 Å². The Hall–Kier alpha value is -1.03. The van der Waals surface area contributed by atoms with Crippen LogP contribution in [0.15, 0.2) is 24.3 Å². The van der Waals surface area contributed by atoms with Gasteiger partial charge < -0.3 is 4.74 Å². The number of sulfone groups is 1. The Labute approximate surface area is 84.6 Å². The first-order valence-corrected chi connectivity index (χ1v) is 6.47. The maximum absolute atomic E-state index is 11.0. The molecule has 1 aromatic carbocycles. The van der Waals surface area contributed by atoms with E-state index in [-0.39, 0.29) is 5.75 Å². The highest BCUT2D eigenvalue weighted by Crippen LogP contribution is 2.13. The molecule has 0 aliphatic heterocycles. The Morgan fingerprint density at radius 3 is 2.21 bits per heavy atom. The molecule has 0 atom stereocenters. The summed E-state index contributed by atoms with van der Waals surface area (Å²) in [6.45, 7) is 2.52. The quantitative estimate of drug-likeness (QED) is 0.765. The smallest absolute Gasteiger partial charge is 0.151 e. The first-order chi connectivity index (χ1) is 6.51. The molecule has 0 spiro atoms. The summed E-state index contributed by atoms with van der Waals surface area (Å²) in [5, 5.41) is 0. The van der Waals surface area contributed by atoms with E-state index in [1.54, 1.807) is 24.3 Å². The molecule has 1 aromatic rings. The van der Waals surface area contributed by atoms with E-state index in [4.69, 9.17) is 4.74 Å². The summed E-state index contributed by atoms with van der Waals surface area (Å²) >= 11 is 0. The third-order valence-corrected chi connectivity index (χ3v) is 2.52. The molecule has 0 saturated carbocycles. The van der Waals surface area contributed by atoms with Gasteiger partial charge in [-0.2, -0.15) is 0 Å². The van der Waals surface area contributed by atoms with Gasteiger partial charge in [0.25, 0.3) is 0 Å². The van der Waals surface area contributed by atoms with Crippen molar-refractivity contribution in [1.82, 2.24) is 0 Å². The Balaban J connectivity index is 2.74. The molecule has 0 aliphatic rings. The second kappa shape index (κ2) is 4.46. The van der Waals surface area contributed by atoms with Crippen molar-refractivity contribution in [1.29, 1.82) is 0 Å². The van der Waals surface area contributed by atoms with Crippen LogP contribution < -0.4 is 4.74 Å². The predicted molar refractivity (Wildman–Crippen MR) is 56.2 cm³/mol. The molecule has 4 heteroatoms. The van der Waals surface area contributed by atoms with Crippen LogP contribution >= 0.6 is 0 Å². The summed E-state index contributed by atoms with van der Waals surface area (Å²) in [5.41, 5.74) is 0.788. The molecule has 78 valence electrons. The van der Waals surface area contributed by atoms with E-state index < -0.39 is 9.84 Å². The average molecular weight is 214 g/mol. The lowest BCUT2D eigenvalue weighted by atomic mass is 10.2. The van der Waals surface area contributed by atoms with Crippen LogP contribution in [-0.4, -0.2) is 21.3 Å². The molecule has 0 aromatic heterocycles. The summed E-state index contributed by atoms with van der Waals surface area (Å²) in [5.74, 6) is 0.851. The highest BCUT2D eigenvalue weighted by molar-refractivity contribution is 7.89. The topological polar surface area (TPSA) is 43.4 Å². The van der Waals surface area contributed by atoms with Gasteiger partial charge in [-0.25, -0.2) is 8.42 Å². The lowest BCUT2D eigenvalue weighted by molar-refractivity contribution is 0.340. The fraction of sp³-hybridized carbons (Fsp3) is 0.400. The van der Waals surface area contributed by atoms with Crippen LogP contribution in [0.25, 0.3) is 0 Å². The van der Waals surface area contributed by atoms with Gasteiger partial charge in [-0.05, 0) is 24.6 Å². The van der Waals surface area contributed by atoms with Gasteiger partial charge in [0.1, 0.15) is 5.75 Å². The third kappa shape index (κ3) is 3.79. The fourth-order valence-corrected chi connectivity index (χ4v) is 1.95. The van der Waals surface area contributed by atoms with E-state index in [1.165, 1.54) is 6.26 Å². The molecule has 0 bridgehead atoms. The zero-order chi connectivity index (χ0) is 10.6. The molecule has 0 unspecified atom stereocenters. The zero-order valence-corrected chi connectivity index (χ0v) is 9.17. The Morgan fingerprint density at radius 1 is 1.21 bits per heavy atom. The molecule has 0 saturated heterocycles. The van der Waals surface area contributed by atoms with E-state index >= 15 is 0 Å². The molecule has 0 amide bonds. The minimum absolute atomic E-state index is 0.0827. The molecule has 0 fully saturated rings. The van der Waals surface area contributed by atoms with Crippen LogP contribution in [0.4, 0.5) is 0 Å². The van der Waals surface area contributed by atoms with Crippen molar-refractivity contribution in [3.8, 4) is 5.75 Å². The largest absolute Gasteiger partial charge is 0.494 e. The predicted octanol–water partition coefficient (Wildman–Crippen LogP) is 1.63. The number of benzene rings is 1. The van der Waals surface area contributed by atoms with E-state index in [9.17, 15) is 8.42 Å². The van der Waals surface area contributed by atoms with Gasteiger partial charge in [0.2, 0.25) is 0 Å². The van der Waals surface area contributed by atoms with Crippen LogP contribution in [0, 0.1) is 0 Å². The van der Waals surface area contributed by atoms with Crippen LogP contribution in [0.1, 0.15) is 12.5 Å². The van der Waals surface area contributed by atoms with Gasteiger partial charge in [-0.15, -0.1) is 0 Å². The van der Waals surface area contributed by atoms with Gasteiger partial charge in [0.05, 0.1) is 12.4 Å². The molecular formula is C10H14O3S. The minimum Gasteiger partial charge on any atom is -0.494 e. The molecule has 0 N–H and O–H groups in total. The summed E-state index contributed by atoms with van der Waals surface area (Å²) in [6, 6.07) is 7.10. The standard InChI is InChI=1S/C10H14O3S/c1-3-13-10-6-4-9(5-7-10)8-14(2,11)12/h4-7H,3,8H2,1-2H3. The highest BCUT2D eigenvalue weighted by atomic mass is 32.2. The van der Waals surface area contributed by atoms with Gasteiger partial charge in [-0.1, -0.05) is 12.1 Å². The van der Waals surface area contributed by atoms with Crippen molar-refractivity contribution in [2.75, 3.05) is 12.9 Å². The summed E-state index contributed by atoms with van der Waals surface area (Å²) < 4.78 is 27.2. The van der Waals surface area contributed by atoms with Crippen LogP contribution in [0.3, 0.4) is 0 Å². The third-order valence-electron chi connectivity index (χ3n) is 1.66. The maximum atomic E-state index is 11.0. The number of rotatable bonds is 4. The summed E-state index contributed by atoms with van der Waals surface area (Å²) in [7, 11) is -2.94. The first-order valence-electron chi connectivity index (χ1n) is 4.41. The minimum atomic E-state index is -2.94. The van der Waals surface area contributed by atoms with Gasteiger partial charge in [0, 0.05) is 6.26 Å². The van der Waals surface area contributed by atoms with Gasteiger partial charge in [-0.3, -0.25) is 0 Å². The Kier molecular flexibility index (Phi) is 3.52. The molecule has 0 aliphatic carbocycles. The highest BCUT2D eigenvalue weighted by Gasteiger charge is 2.03. The molecular weight excluding hydrogens is 200 g/mol. The van der Waals surface area contributed by atoms with Crippen LogP contribution in [-0.2, 0) is 15.6 Å². The van der Waals surface area contributed by atoms with Crippen molar-refractivity contribution < 1.29 is 13.2 Å². The van der Waals surface area contributed by atoms with Crippen molar-refractivity contribution in [3.63, 3.8) is 0 Å². The Morgan fingerprint density at radius 2 is 1.79 bits per heavy atom. The van der Waals surface area contributed by atoms with Crippen molar-refractivity contribution in [2.24, 2.45) is 0 Å². The van der Waals surface area contributed by atoms with Gasteiger partial charge >= 0.3 is 0 Å². The van der Waals surface area contributed by atoms with E-state index in [0.29, 0.717) is 6.61 Å². The van der Waals surface area contributed by atoms with E-state index in [1.807, 2.05) is 6.92 Å². The molecule has 1 rings (SSSR count). The maximum Gasteiger partial charge on any atom is 0.151 e.